The average Bonchev–Trinajstić information content (AvgIpc) is 2.23. The Labute approximate surface area is 90.9 Å². The Kier molecular flexibility index (Phi) is 4.12. The molecule has 0 fully saturated rings. The van der Waals surface area contributed by atoms with Gasteiger partial charge in [0.15, 0.2) is 0 Å². The Hall–Kier alpha value is -1.06. The molecule has 1 aromatic carbocycles. The minimum atomic E-state index is -0.593. The molecule has 0 amide bonds. The molecule has 1 atom stereocenters. The lowest BCUT2D eigenvalue weighted by atomic mass is 10.1. The molecule has 0 saturated carbocycles. The standard InChI is InChI=1S/C12H19NO2/c1-8-4-5-9(2)12(10(8)3)15-7-11(14)6-13/h4-5,11,14H,6-7,13H2,1-3H3/t11-/m0/s1. The molecule has 3 nitrogen and oxygen atoms in total. The molecule has 1 aromatic rings. The van der Waals surface area contributed by atoms with Crippen LogP contribution in [0.2, 0.25) is 0 Å². The summed E-state index contributed by atoms with van der Waals surface area (Å²) in [6, 6.07) is 4.09. The second-order valence-electron chi connectivity index (χ2n) is 3.85. The van der Waals surface area contributed by atoms with Crippen molar-refractivity contribution in [2.24, 2.45) is 5.73 Å². The molecule has 1 rings (SSSR count). The van der Waals surface area contributed by atoms with Crippen molar-refractivity contribution in [2.75, 3.05) is 13.2 Å². The fraction of sp³-hybridized carbons (Fsp3) is 0.500. The van der Waals surface area contributed by atoms with Gasteiger partial charge in [-0.2, -0.15) is 0 Å². The first-order chi connectivity index (χ1) is 7.06. The number of aliphatic hydroxyl groups excluding tert-OH is 1. The molecule has 0 aliphatic carbocycles. The van der Waals surface area contributed by atoms with Crippen LogP contribution in [0.25, 0.3) is 0 Å². The van der Waals surface area contributed by atoms with Gasteiger partial charge in [0.2, 0.25) is 0 Å². The van der Waals surface area contributed by atoms with Crippen molar-refractivity contribution in [1.29, 1.82) is 0 Å². The van der Waals surface area contributed by atoms with Crippen LogP contribution in [0.15, 0.2) is 12.1 Å². The average molecular weight is 209 g/mol. The first kappa shape index (κ1) is 12.0. The lowest BCUT2D eigenvalue weighted by Crippen LogP contribution is -2.26. The van der Waals surface area contributed by atoms with Crippen LogP contribution in [0.5, 0.6) is 5.75 Å². The summed E-state index contributed by atoms with van der Waals surface area (Å²) < 4.78 is 5.57. The van der Waals surface area contributed by atoms with E-state index in [1.807, 2.05) is 26.8 Å². The van der Waals surface area contributed by atoms with Gasteiger partial charge < -0.3 is 15.6 Å². The number of aliphatic hydroxyl groups is 1. The minimum Gasteiger partial charge on any atom is -0.490 e. The molecular formula is C12H19NO2. The highest BCUT2D eigenvalue weighted by Crippen LogP contribution is 2.25. The molecule has 0 aliphatic rings. The van der Waals surface area contributed by atoms with Gasteiger partial charge in [0.05, 0.1) is 0 Å². The summed E-state index contributed by atoms with van der Waals surface area (Å²) >= 11 is 0. The number of benzene rings is 1. The molecule has 0 radical (unpaired) electrons. The summed E-state index contributed by atoms with van der Waals surface area (Å²) in [6.07, 6.45) is -0.593. The van der Waals surface area contributed by atoms with E-state index in [2.05, 4.69) is 6.07 Å². The molecule has 0 spiro atoms. The first-order valence-electron chi connectivity index (χ1n) is 5.14. The van der Waals surface area contributed by atoms with Gasteiger partial charge in [-0.05, 0) is 37.5 Å². The second kappa shape index (κ2) is 5.14. The van der Waals surface area contributed by atoms with Crippen molar-refractivity contribution in [3.63, 3.8) is 0 Å². The molecule has 0 saturated heterocycles. The van der Waals surface area contributed by atoms with Gasteiger partial charge in [0.1, 0.15) is 18.5 Å². The van der Waals surface area contributed by atoms with E-state index in [9.17, 15) is 5.11 Å². The Morgan fingerprint density at radius 1 is 1.27 bits per heavy atom. The summed E-state index contributed by atoms with van der Waals surface area (Å²) in [7, 11) is 0. The number of ether oxygens (including phenoxy) is 1. The lowest BCUT2D eigenvalue weighted by Gasteiger charge is -2.15. The van der Waals surface area contributed by atoms with Crippen LogP contribution >= 0.6 is 0 Å². The van der Waals surface area contributed by atoms with Crippen molar-refractivity contribution in [3.05, 3.63) is 28.8 Å². The second-order valence-corrected chi connectivity index (χ2v) is 3.85. The van der Waals surface area contributed by atoms with E-state index in [-0.39, 0.29) is 13.2 Å². The smallest absolute Gasteiger partial charge is 0.125 e. The molecule has 0 heterocycles. The van der Waals surface area contributed by atoms with Crippen LogP contribution in [0.1, 0.15) is 16.7 Å². The highest BCUT2D eigenvalue weighted by atomic mass is 16.5. The van der Waals surface area contributed by atoms with Gasteiger partial charge in [-0.3, -0.25) is 0 Å². The number of hydrogen-bond acceptors (Lipinski definition) is 3. The van der Waals surface area contributed by atoms with E-state index >= 15 is 0 Å². The lowest BCUT2D eigenvalue weighted by molar-refractivity contribution is 0.113. The zero-order valence-electron chi connectivity index (χ0n) is 9.58. The third-order valence-corrected chi connectivity index (χ3v) is 2.57. The number of rotatable bonds is 4. The summed E-state index contributed by atoms with van der Waals surface area (Å²) in [4.78, 5) is 0. The van der Waals surface area contributed by atoms with Gasteiger partial charge in [0, 0.05) is 6.54 Å². The largest absolute Gasteiger partial charge is 0.490 e. The number of aryl methyl sites for hydroxylation is 2. The van der Waals surface area contributed by atoms with Gasteiger partial charge in [-0.15, -0.1) is 0 Å². The normalized spacial score (nSPS) is 12.6. The van der Waals surface area contributed by atoms with Crippen molar-refractivity contribution < 1.29 is 9.84 Å². The molecule has 0 unspecified atom stereocenters. The summed E-state index contributed by atoms with van der Waals surface area (Å²) in [5.74, 6) is 0.863. The molecule has 84 valence electrons. The van der Waals surface area contributed by atoms with Crippen molar-refractivity contribution in [2.45, 2.75) is 26.9 Å². The molecule has 0 aromatic heterocycles. The predicted octanol–water partition coefficient (Wildman–Crippen LogP) is 1.31. The van der Waals surface area contributed by atoms with E-state index in [1.54, 1.807) is 0 Å². The quantitative estimate of drug-likeness (QED) is 0.786. The van der Waals surface area contributed by atoms with Crippen LogP contribution in [0, 0.1) is 20.8 Å². The maximum absolute atomic E-state index is 9.32. The fourth-order valence-electron chi connectivity index (χ4n) is 1.40. The summed E-state index contributed by atoms with van der Waals surface area (Å²) in [5, 5.41) is 9.32. The van der Waals surface area contributed by atoms with Crippen LogP contribution in [-0.2, 0) is 0 Å². The van der Waals surface area contributed by atoms with Gasteiger partial charge in [-0.25, -0.2) is 0 Å². The van der Waals surface area contributed by atoms with Gasteiger partial charge in [-0.1, -0.05) is 12.1 Å². The highest BCUT2D eigenvalue weighted by molar-refractivity contribution is 5.44. The fourth-order valence-corrected chi connectivity index (χ4v) is 1.40. The number of nitrogens with two attached hydrogens (primary N) is 1. The van der Waals surface area contributed by atoms with Crippen LogP contribution in [-0.4, -0.2) is 24.4 Å². The third kappa shape index (κ3) is 2.94. The van der Waals surface area contributed by atoms with E-state index < -0.39 is 6.10 Å². The Morgan fingerprint density at radius 2 is 1.87 bits per heavy atom. The highest BCUT2D eigenvalue weighted by Gasteiger charge is 2.08. The maximum Gasteiger partial charge on any atom is 0.125 e. The van der Waals surface area contributed by atoms with E-state index in [1.165, 1.54) is 5.56 Å². The predicted molar refractivity (Wildman–Crippen MR) is 61.2 cm³/mol. The zero-order chi connectivity index (χ0) is 11.4. The molecule has 0 aliphatic heterocycles. The molecule has 3 N–H and O–H groups in total. The van der Waals surface area contributed by atoms with Crippen molar-refractivity contribution in [1.82, 2.24) is 0 Å². The third-order valence-electron chi connectivity index (χ3n) is 2.57. The number of hydrogen-bond donors (Lipinski definition) is 2. The Morgan fingerprint density at radius 3 is 2.47 bits per heavy atom. The van der Waals surface area contributed by atoms with E-state index in [0.717, 1.165) is 16.9 Å². The SMILES string of the molecule is Cc1ccc(C)c(OC[C@@H](O)CN)c1C. The topological polar surface area (TPSA) is 55.5 Å². The molecular weight excluding hydrogens is 190 g/mol. The Balaban J connectivity index is 2.80. The van der Waals surface area contributed by atoms with Crippen LogP contribution in [0.3, 0.4) is 0 Å². The summed E-state index contributed by atoms with van der Waals surface area (Å²) in [6.45, 7) is 6.54. The first-order valence-corrected chi connectivity index (χ1v) is 5.14. The van der Waals surface area contributed by atoms with Crippen molar-refractivity contribution >= 4 is 0 Å². The van der Waals surface area contributed by atoms with Crippen LogP contribution in [0.4, 0.5) is 0 Å². The van der Waals surface area contributed by atoms with Crippen molar-refractivity contribution in [3.8, 4) is 5.75 Å². The zero-order valence-corrected chi connectivity index (χ0v) is 9.58. The molecule has 0 bridgehead atoms. The Bertz CT molecular complexity index is 337. The molecule has 15 heavy (non-hydrogen) atoms. The van der Waals surface area contributed by atoms with E-state index in [4.69, 9.17) is 10.5 Å². The van der Waals surface area contributed by atoms with Crippen LogP contribution < -0.4 is 10.5 Å². The van der Waals surface area contributed by atoms with E-state index in [0.29, 0.717) is 0 Å². The van der Waals surface area contributed by atoms with Gasteiger partial charge >= 0.3 is 0 Å². The molecule has 3 heteroatoms. The minimum absolute atomic E-state index is 0.226. The maximum atomic E-state index is 9.32. The van der Waals surface area contributed by atoms with Gasteiger partial charge in [0.25, 0.3) is 0 Å². The summed E-state index contributed by atoms with van der Waals surface area (Å²) in [5.41, 5.74) is 8.71. The monoisotopic (exact) mass is 209 g/mol.